The number of rotatable bonds is 5. The van der Waals surface area contributed by atoms with Gasteiger partial charge in [-0.3, -0.25) is 9.36 Å². The number of carbonyl (C=O) groups excluding carboxylic acids is 1. The Morgan fingerprint density at radius 2 is 1.82 bits per heavy atom. The van der Waals surface area contributed by atoms with E-state index in [2.05, 4.69) is 20.5 Å². The quantitative estimate of drug-likeness (QED) is 0.712. The van der Waals surface area contributed by atoms with E-state index in [-0.39, 0.29) is 11.6 Å². The first kappa shape index (κ1) is 19.3. The molecule has 2 heterocycles. The molecule has 28 heavy (non-hydrogen) atoms. The Balaban J connectivity index is 1.63. The van der Waals surface area contributed by atoms with Crippen LogP contribution in [0.3, 0.4) is 0 Å². The van der Waals surface area contributed by atoms with Gasteiger partial charge in [0.25, 0.3) is 0 Å². The number of aryl methyl sites for hydroxylation is 1. The molecule has 0 aliphatic carbocycles. The molecule has 0 unspecified atom stereocenters. The molecule has 0 saturated heterocycles. The van der Waals surface area contributed by atoms with Crippen LogP contribution in [0.5, 0.6) is 11.6 Å². The van der Waals surface area contributed by atoms with Gasteiger partial charge in [-0.05, 0) is 44.2 Å². The number of ether oxygens (including phenoxy) is 1. The number of nitrogens with one attached hydrogen (secondary N) is 1. The molecule has 0 aliphatic heterocycles. The molecule has 3 rings (SSSR count). The smallest absolute Gasteiger partial charge is 0.397 e. The zero-order valence-corrected chi connectivity index (χ0v) is 15.0. The average Bonchev–Trinajstić information content (AvgIpc) is 2.95. The minimum Gasteiger partial charge on any atom is -0.438 e. The average molecular weight is 391 g/mol. The third-order valence-electron chi connectivity index (χ3n) is 3.85. The lowest BCUT2D eigenvalue weighted by Crippen LogP contribution is -2.21. The summed E-state index contributed by atoms with van der Waals surface area (Å²) in [4.78, 5) is 15.5. The Bertz CT molecular complexity index is 966. The molecule has 0 fully saturated rings. The number of imidazole rings is 1. The van der Waals surface area contributed by atoms with Crippen LogP contribution in [-0.2, 0) is 4.79 Å². The van der Waals surface area contributed by atoms with Gasteiger partial charge in [-0.15, -0.1) is 10.2 Å². The van der Waals surface area contributed by atoms with Gasteiger partial charge in [0.15, 0.2) is 5.82 Å². The summed E-state index contributed by atoms with van der Waals surface area (Å²) in [5, 5.41) is 10.3. The van der Waals surface area contributed by atoms with Crippen molar-refractivity contribution >= 4 is 11.6 Å². The molecule has 0 atom stereocenters. The van der Waals surface area contributed by atoms with Crippen LogP contribution < -0.4 is 10.1 Å². The first-order valence-corrected chi connectivity index (χ1v) is 8.20. The molecule has 0 aliphatic rings. The highest BCUT2D eigenvalue weighted by molar-refractivity contribution is 5.91. The largest absolute Gasteiger partial charge is 0.438 e. The summed E-state index contributed by atoms with van der Waals surface area (Å²) in [6.07, 6.45) is -4.43. The Morgan fingerprint density at radius 3 is 2.36 bits per heavy atom. The third-order valence-corrected chi connectivity index (χ3v) is 3.85. The molecule has 7 nitrogen and oxygen atoms in total. The molecular formula is C18H16F3N5O2. The predicted molar refractivity (Wildman–Crippen MR) is 94.4 cm³/mol. The number of anilines is 1. The van der Waals surface area contributed by atoms with Gasteiger partial charge in [-0.2, -0.15) is 13.2 Å². The van der Waals surface area contributed by atoms with Gasteiger partial charge in [0.2, 0.25) is 11.8 Å². The molecule has 0 spiro atoms. The molecule has 0 radical (unpaired) electrons. The zero-order valence-electron chi connectivity index (χ0n) is 15.0. The van der Waals surface area contributed by atoms with E-state index in [1.54, 1.807) is 23.0 Å². The van der Waals surface area contributed by atoms with Gasteiger partial charge in [0.05, 0.1) is 5.69 Å². The van der Waals surface area contributed by atoms with Crippen LogP contribution in [-0.4, -0.2) is 31.8 Å². The van der Waals surface area contributed by atoms with Crippen molar-refractivity contribution in [1.29, 1.82) is 0 Å². The second-order valence-corrected chi connectivity index (χ2v) is 5.98. The van der Waals surface area contributed by atoms with Crippen molar-refractivity contribution in [3.8, 4) is 17.4 Å². The fourth-order valence-corrected chi connectivity index (χ4v) is 2.34. The van der Waals surface area contributed by atoms with Gasteiger partial charge in [0, 0.05) is 17.4 Å². The van der Waals surface area contributed by atoms with Crippen LogP contribution in [0, 0.1) is 13.8 Å². The number of amides is 1. The van der Waals surface area contributed by atoms with Gasteiger partial charge in [-0.25, -0.2) is 4.98 Å². The summed E-state index contributed by atoms with van der Waals surface area (Å²) in [5.41, 5.74) is 2.07. The number of aromatic nitrogens is 4. The molecule has 1 aromatic carbocycles. The molecule has 3 aromatic rings. The van der Waals surface area contributed by atoms with E-state index in [9.17, 15) is 18.0 Å². The number of carbonyl (C=O) groups is 1. The number of alkyl halides is 3. The molecule has 1 N–H and O–H groups in total. The maximum absolute atomic E-state index is 12.2. The first-order valence-electron chi connectivity index (χ1n) is 8.20. The maximum Gasteiger partial charge on any atom is 0.397 e. The summed E-state index contributed by atoms with van der Waals surface area (Å²) < 4.78 is 43.9. The first-order chi connectivity index (χ1) is 13.2. The number of benzene rings is 1. The van der Waals surface area contributed by atoms with E-state index >= 15 is 0 Å². The van der Waals surface area contributed by atoms with Crippen molar-refractivity contribution in [1.82, 2.24) is 19.7 Å². The van der Waals surface area contributed by atoms with Crippen molar-refractivity contribution < 1.29 is 22.7 Å². The van der Waals surface area contributed by atoms with E-state index < -0.39 is 18.5 Å². The second-order valence-electron chi connectivity index (χ2n) is 5.98. The van der Waals surface area contributed by atoms with Crippen molar-refractivity contribution in [3.05, 3.63) is 54.1 Å². The van der Waals surface area contributed by atoms with Gasteiger partial charge in [0.1, 0.15) is 18.5 Å². The second kappa shape index (κ2) is 7.67. The van der Waals surface area contributed by atoms with Crippen LogP contribution in [0.2, 0.25) is 0 Å². The monoisotopic (exact) mass is 391 g/mol. The van der Waals surface area contributed by atoms with E-state index in [1.165, 1.54) is 24.3 Å². The summed E-state index contributed by atoms with van der Waals surface area (Å²) in [6.45, 7) is 3.81. The molecule has 0 bridgehead atoms. The molecular weight excluding hydrogens is 375 g/mol. The lowest BCUT2D eigenvalue weighted by molar-refractivity contribution is -0.150. The van der Waals surface area contributed by atoms with E-state index in [0.29, 0.717) is 11.6 Å². The van der Waals surface area contributed by atoms with Gasteiger partial charge < -0.3 is 10.1 Å². The highest BCUT2D eigenvalue weighted by Crippen LogP contribution is 2.23. The normalized spacial score (nSPS) is 11.3. The standard InChI is InChI=1S/C18H16F3N5O2/c1-11-12(2)26(10-22-11)15-7-8-17(25-24-15)28-14-5-3-13(4-6-14)23-16(27)9-18(19,20)21/h3-8,10H,9H2,1-2H3,(H,23,27). The summed E-state index contributed by atoms with van der Waals surface area (Å²) >= 11 is 0. The Hall–Kier alpha value is -3.43. The maximum atomic E-state index is 12.2. The highest BCUT2D eigenvalue weighted by Gasteiger charge is 2.31. The Kier molecular flexibility index (Phi) is 5.30. The molecule has 10 heteroatoms. The lowest BCUT2D eigenvalue weighted by Gasteiger charge is -2.09. The third kappa shape index (κ3) is 4.84. The summed E-state index contributed by atoms with van der Waals surface area (Å²) in [5.74, 6) is 0.0958. The number of hydrogen-bond acceptors (Lipinski definition) is 5. The van der Waals surface area contributed by atoms with E-state index in [1.807, 2.05) is 13.8 Å². The van der Waals surface area contributed by atoms with E-state index in [4.69, 9.17) is 4.74 Å². The van der Waals surface area contributed by atoms with Crippen molar-refractivity contribution in [3.63, 3.8) is 0 Å². The zero-order chi connectivity index (χ0) is 20.3. The molecule has 2 aromatic heterocycles. The Labute approximate surface area is 158 Å². The lowest BCUT2D eigenvalue weighted by atomic mass is 10.3. The topological polar surface area (TPSA) is 81.9 Å². The van der Waals surface area contributed by atoms with Crippen molar-refractivity contribution in [2.24, 2.45) is 0 Å². The predicted octanol–water partition coefficient (Wildman–Crippen LogP) is 3.96. The number of halogens is 3. The van der Waals surface area contributed by atoms with Crippen molar-refractivity contribution in [2.75, 3.05) is 5.32 Å². The molecule has 1 amide bonds. The number of hydrogen-bond donors (Lipinski definition) is 1. The minimum atomic E-state index is -4.55. The summed E-state index contributed by atoms with van der Waals surface area (Å²) in [7, 11) is 0. The summed E-state index contributed by atoms with van der Waals surface area (Å²) in [6, 6.07) is 9.23. The van der Waals surface area contributed by atoms with Crippen LogP contribution in [0.25, 0.3) is 5.82 Å². The minimum absolute atomic E-state index is 0.231. The SMILES string of the molecule is Cc1ncn(-c2ccc(Oc3ccc(NC(=O)CC(F)(F)F)cc3)nn2)c1C. The molecule has 0 saturated carbocycles. The fourth-order valence-electron chi connectivity index (χ4n) is 2.34. The number of nitrogens with zero attached hydrogens (tertiary/aromatic N) is 4. The Morgan fingerprint density at radius 1 is 1.11 bits per heavy atom. The van der Waals surface area contributed by atoms with E-state index in [0.717, 1.165) is 11.4 Å². The van der Waals surface area contributed by atoms with Crippen LogP contribution in [0.15, 0.2) is 42.7 Å². The van der Waals surface area contributed by atoms with Crippen LogP contribution in [0.4, 0.5) is 18.9 Å². The fraction of sp³-hybridized carbons (Fsp3) is 0.222. The van der Waals surface area contributed by atoms with Gasteiger partial charge >= 0.3 is 6.18 Å². The van der Waals surface area contributed by atoms with Crippen LogP contribution >= 0.6 is 0 Å². The van der Waals surface area contributed by atoms with Crippen LogP contribution in [0.1, 0.15) is 17.8 Å². The van der Waals surface area contributed by atoms with Gasteiger partial charge in [-0.1, -0.05) is 0 Å². The highest BCUT2D eigenvalue weighted by atomic mass is 19.4. The molecule has 146 valence electrons. The van der Waals surface area contributed by atoms with Crippen molar-refractivity contribution in [2.45, 2.75) is 26.4 Å².